The molecule has 0 aromatic heterocycles. The van der Waals surface area contributed by atoms with Gasteiger partial charge in [-0.2, -0.15) is 0 Å². The van der Waals surface area contributed by atoms with Gasteiger partial charge in [0.05, 0.1) is 42.2 Å². The Morgan fingerprint density at radius 2 is 1.40 bits per heavy atom. The Morgan fingerprint density at radius 3 is 2.00 bits per heavy atom. The molecule has 0 bridgehead atoms. The smallest absolute Gasteiger partial charge is 0.333 e. The number of carbonyl (C=O) groups excluding carboxylic acids is 2. The number of aliphatic hydroxyl groups excluding tert-OH is 2. The molecule has 3 saturated heterocycles. The average molecular weight is 879 g/mol. The number of rotatable bonds is 12. The van der Waals surface area contributed by atoms with Crippen molar-refractivity contribution >= 4 is 11.8 Å². The zero-order valence-corrected chi connectivity index (χ0v) is 38.7. The Labute approximate surface area is 367 Å². The van der Waals surface area contributed by atoms with Crippen LogP contribution < -0.4 is 0 Å². The molecule has 15 heteroatoms. The van der Waals surface area contributed by atoms with E-state index in [1.54, 1.807) is 41.1 Å². The first-order chi connectivity index (χ1) is 29.3. The second-order valence-corrected chi connectivity index (χ2v) is 19.8. The summed E-state index contributed by atoms with van der Waals surface area (Å²) in [5.74, 6) is -0.727. The Hall–Kier alpha value is -1.86. The summed E-state index contributed by atoms with van der Waals surface area (Å²) in [5.41, 5.74) is -0.439. The summed E-state index contributed by atoms with van der Waals surface area (Å²) in [5, 5.41) is 34.1. The number of methoxy groups -OCH3 is 3. The van der Waals surface area contributed by atoms with Crippen LogP contribution in [0.2, 0.25) is 0 Å². The van der Waals surface area contributed by atoms with E-state index in [1.807, 2.05) is 27.7 Å². The van der Waals surface area contributed by atoms with Gasteiger partial charge < -0.3 is 62.7 Å². The van der Waals surface area contributed by atoms with Gasteiger partial charge in [0.25, 0.3) is 0 Å². The molecule has 3 N–H and O–H groups in total. The highest BCUT2D eigenvalue weighted by Gasteiger charge is 2.71. The molecule has 16 unspecified atom stereocenters. The van der Waals surface area contributed by atoms with Gasteiger partial charge in [0.1, 0.15) is 42.4 Å². The van der Waals surface area contributed by atoms with E-state index < -0.39 is 96.9 Å². The Morgan fingerprint density at radius 1 is 0.774 bits per heavy atom. The topological polar surface area (TPSA) is 187 Å². The average Bonchev–Trinajstić information content (AvgIpc) is 3.53. The van der Waals surface area contributed by atoms with E-state index in [0.717, 1.165) is 19.3 Å². The predicted octanol–water partition coefficient (Wildman–Crippen LogP) is 4.69. The van der Waals surface area contributed by atoms with Crippen molar-refractivity contribution in [3.63, 3.8) is 0 Å². The molecule has 62 heavy (non-hydrogen) atoms. The lowest BCUT2D eigenvalue weighted by atomic mass is 9.45. The summed E-state index contributed by atoms with van der Waals surface area (Å²) in [7, 11) is 4.68. The highest BCUT2D eigenvalue weighted by molar-refractivity contribution is 5.88. The highest BCUT2D eigenvalue weighted by atomic mass is 16.8. The maximum atomic E-state index is 13.3. The first-order valence-electron chi connectivity index (χ1n) is 23.0. The monoisotopic (exact) mass is 879 g/mol. The van der Waals surface area contributed by atoms with Gasteiger partial charge in [-0.3, -0.25) is 4.79 Å². The van der Waals surface area contributed by atoms with Crippen LogP contribution in [-0.2, 0) is 57.0 Å². The molecular weight excluding hydrogens is 805 g/mol. The molecule has 3 aliphatic heterocycles. The lowest BCUT2D eigenvalue weighted by Gasteiger charge is -2.63. The van der Waals surface area contributed by atoms with Crippen LogP contribution in [0.15, 0.2) is 23.3 Å². The molecule has 0 aromatic carbocycles. The van der Waals surface area contributed by atoms with Gasteiger partial charge in [-0.1, -0.05) is 31.6 Å². The molecule has 21 atom stereocenters. The third-order valence-electron chi connectivity index (χ3n) is 16.6. The predicted molar refractivity (Wildman–Crippen MR) is 223 cm³/mol. The number of aliphatic hydroxyl groups is 3. The van der Waals surface area contributed by atoms with Crippen molar-refractivity contribution in [2.75, 3.05) is 21.3 Å². The molecule has 7 aliphatic rings. The minimum absolute atomic E-state index is 0.0391. The third-order valence-corrected chi connectivity index (χ3v) is 16.6. The molecular formula is C47H74O15. The van der Waals surface area contributed by atoms with Crippen LogP contribution in [0.3, 0.4) is 0 Å². The van der Waals surface area contributed by atoms with Crippen LogP contribution >= 0.6 is 0 Å². The number of carbonyl (C=O) groups is 2. The van der Waals surface area contributed by atoms with Crippen LogP contribution in [0.4, 0.5) is 0 Å². The molecule has 3 heterocycles. The van der Waals surface area contributed by atoms with Crippen molar-refractivity contribution in [1.29, 1.82) is 0 Å². The highest BCUT2D eigenvalue weighted by Crippen LogP contribution is 2.68. The molecule has 15 nitrogen and oxygen atoms in total. The number of hydrogen-bond donors (Lipinski definition) is 3. The minimum Gasteiger partial charge on any atom is -0.458 e. The number of ether oxygens (including phenoxy) is 10. The third kappa shape index (κ3) is 8.42. The van der Waals surface area contributed by atoms with Crippen molar-refractivity contribution in [3.8, 4) is 0 Å². The van der Waals surface area contributed by atoms with Crippen molar-refractivity contribution in [2.45, 2.75) is 211 Å². The fourth-order valence-electron chi connectivity index (χ4n) is 12.8. The lowest BCUT2D eigenvalue weighted by molar-refractivity contribution is -0.352. The summed E-state index contributed by atoms with van der Waals surface area (Å²) in [6.07, 6.45) is 0.173. The number of ketones is 1. The second-order valence-electron chi connectivity index (χ2n) is 19.8. The fourth-order valence-corrected chi connectivity index (χ4v) is 12.8. The van der Waals surface area contributed by atoms with E-state index >= 15 is 0 Å². The number of allylic oxidation sites excluding steroid dienone is 2. The molecule has 0 spiro atoms. The number of fused-ring (bicyclic) bond motifs is 5. The van der Waals surface area contributed by atoms with E-state index in [1.165, 1.54) is 12.7 Å². The first-order valence-corrected chi connectivity index (χ1v) is 23.0. The molecule has 6 fully saturated rings. The van der Waals surface area contributed by atoms with Crippen LogP contribution in [0, 0.1) is 28.6 Å². The van der Waals surface area contributed by atoms with Gasteiger partial charge in [-0.25, -0.2) is 4.79 Å². The number of esters is 1. The van der Waals surface area contributed by atoms with Crippen molar-refractivity contribution in [2.24, 2.45) is 28.6 Å². The quantitative estimate of drug-likeness (QED) is 0.139. The molecule has 0 amide bonds. The van der Waals surface area contributed by atoms with Gasteiger partial charge in [0.2, 0.25) is 0 Å². The molecule has 0 aromatic rings. The van der Waals surface area contributed by atoms with Crippen molar-refractivity contribution in [1.82, 2.24) is 0 Å². The maximum Gasteiger partial charge on any atom is 0.333 e. The summed E-state index contributed by atoms with van der Waals surface area (Å²) in [4.78, 5) is 26.4. The summed E-state index contributed by atoms with van der Waals surface area (Å²) in [6.45, 7) is 15.0. The largest absolute Gasteiger partial charge is 0.458 e. The SMILES string of the molecule is CC=C(C)C(=O)O[C@@H]1CC2C(CC=C3C[C@@H](OC4CC(OC)C(OC5CC(OC)C(OC6OC(C)C(O)C(OC)C6O)C(C)O5)C(C)O4)CC[C@@]32C)[C@@]2(O)CCC(C(C)=O)[C@@]12C. The van der Waals surface area contributed by atoms with E-state index in [9.17, 15) is 24.9 Å². The van der Waals surface area contributed by atoms with E-state index in [2.05, 4.69) is 13.0 Å². The fraction of sp³-hybridized carbons (Fsp3) is 0.872. The summed E-state index contributed by atoms with van der Waals surface area (Å²) >= 11 is 0. The van der Waals surface area contributed by atoms with Gasteiger partial charge in [0.15, 0.2) is 18.9 Å². The van der Waals surface area contributed by atoms with E-state index in [0.29, 0.717) is 44.1 Å². The Balaban J connectivity index is 0.980. The molecule has 3 saturated carbocycles. The van der Waals surface area contributed by atoms with Crippen molar-refractivity contribution in [3.05, 3.63) is 23.3 Å². The van der Waals surface area contributed by atoms with Gasteiger partial charge >= 0.3 is 5.97 Å². The summed E-state index contributed by atoms with van der Waals surface area (Å²) < 4.78 is 61.8. The second kappa shape index (κ2) is 18.8. The van der Waals surface area contributed by atoms with Gasteiger partial charge in [0, 0.05) is 51.1 Å². The zero-order valence-electron chi connectivity index (χ0n) is 38.7. The Kier molecular flexibility index (Phi) is 14.6. The van der Waals surface area contributed by atoms with Crippen LogP contribution in [0.5, 0.6) is 0 Å². The van der Waals surface area contributed by atoms with E-state index in [4.69, 9.17) is 47.4 Å². The van der Waals surface area contributed by atoms with Crippen molar-refractivity contribution < 1.29 is 72.3 Å². The lowest BCUT2D eigenvalue weighted by Crippen LogP contribution is -2.66. The maximum absolute atomic E-state index is 13.3. The zero-order chi connectivity index (χ0) is 45.1. The van der Waals surface area contributed by atoms with E-state index in [-0.39, 0.29) is 41.2 Å². The summed E-state index contributed by atoms with van der Waals surface area (Å²) in [6, 6.07) is 0. The molecule has 4 aliphatic carbocycles. The molecule has 352 valence electrons. The molecule has 7 rings (SSSR count). The van der Waals surface area contributed by atoms with Crippen LogP contribution in [0.25, 0.3) is 0 Å². The van der Waals surface area contributed by atoms with Crippen LogP contribution in [0.1, 0.15) is 113 Å². The molecule has 0 radical (unpaired) electrons. The minimum atomic E-state index is -1.22. The Bertz CT molecular complexity index is 1670. The standard InChI is InChI=1S/C47H74O15/c1-12-23(2)43(51)60-35-20-32-31(47(52)18-16-30(24(3)48)46(35,47)8)14-13-28-19-29(15-17-45(28,32)7)59-36-21-33(53-9)40(26(5)56-36)61-37-22-34(54-10)41(27(6)57-37)62-44-39(50)42(55-11)38(49)25(4)58-44/h12-13,25-27,29-42,44,49-50,52H,14-22H2,1-11H3/t25?,26?,27?,29-,30?,31?,32?,33?,34?,35+,36?,37?,38?,39?,40?,41?,42?,44?,45-,46-,47-/m0/s1. The van der Waals surface area contributed by atoms with Gasteiger partial charge in [-0.15, -0.1) is 0 Å². The number of hydrogen-bond acceptors (Lipinski definition) is 15. The normalized spacial score (nSPS) is 49.6. The first kappa shape index (κ1) is 48.1. The van der Waals surface area contributed by atoms with Crippen LogP contribution in [-0.4, -0.2) is 146 Å². The van der Waals surface area contributed by atoms with Gasteiger partial charge in [-0.05, 0) is 104 Å². The number of Topliss-reactive ketones (excluding diaryl/α,β-unsaturated/α-hetero) is 1.